The van der Waals surface area contributed by atoms with Crippen LogP contribution < -0.4 is 0 Å². The van der Waals surface area contributed by atoms with E-state index in [4.69, 9.17) is 16.3 Å². The predicted molar refractivity (Wildman–Crippen MR) is 98.9 cm³/mol. The maximum Gasteiger partial charge on any atom is 0.126 e. The largest absolute Gasteiger partial charge is 0.507 e. The van der Waals surface area contributed by atoms with Gasteiger partial charge in [0, 0.05) is 40.9 Å². The van der Waals surface area contributed by atoms with Gasteiger partial charge in [-0.2, -0.15) is 5.10 Å². The molecule has 3 rings (SSSR count). The van der Waals surface area contributed by atoms with Gasteiger partial charge in [0.15, 0.2) is 0 Å². The zero-order valence-corrected chi connectivity index (χ0v) is 15.2. The summed E-state index contributed by atoms with van der Waals surface area (Å²) < 4.78 is 5.49. The van der Waals surface area contributed by atoms with Crippen LogP contribution in [0.1, 0.15) is 26.0 Å². The van der Waals surface area contributed by atoms with Crippen LogP contribution in [-0.4, -0.2) is 33.0 Å². The van der Waals surface area contributed by atoms with Gasteiger partial charge < -0.3 is 9.84 Å². The van der Waals surface area contributed by atoms with E-state index in [0.29, 0.717) is 16.3 Å². The van der Waals surface area contributed by atoms with Gasteiger partial charge in [0.25, 0.3) is 0 Å². The van der Waals surface area contributed by atoms with E-state index in [1.54, 1.807) is 31.6 Å². The summed E-state index contributed by atoms with van der Waals surface area (Å²) in [7, 11) is 1.71. The molecule has 0 aliphatic heterocycles. The van der Waals surface area contributed by atoms with E-state index in [0.717, 1.165) is 29.3 Å². The SMILES string of the molecule is COC(C)(C)CCc1nnc(-c2ccc(Cl)cc2O)c2cnccc12. The fraction of sp³-hybridized carbons (Fsp3) is 0.316. The fourth-order valence-corrected chi connectivity index (χ4v) is 2.83. The maximum absolute atomic E-state index is 10.2. The number of hydrogen-bond acceptors (Lipinski definition) is 5. The number of halogens is 1. The number of hydrogen-bond donors (Lipinski definition) is 1. The van der Waals surface area contributed by atoms with E-state index in [1.807, 2.05) is 19.9 Å². The number of methoxy groups -OCH3 is 1. The molecular weight excluding hydrogens is 338 g/mol. The van der Waals surface area contributed by atoms with E-state index >= 15 is 0 Å². The van der Waals surface area contributed by atoms with E-state index in [9.17, 15) is 5.11 Å². The van der Waals surface area contributed by atoms with Crippen LogP contribution in [0.15, 0.2) is 36.7 Å². The van der Waals surface area contributed by atoms with E-state index in [1.165, 1.54) is 6.07 Å². The first-order chi connectivity index (χ1) is 11.9. The Kier molecular flexibility index (Phi) is 4.88. The number of ether oxygens (including phenoxy) is 1. The van der Waals surface area contributed by atoms with E-state index in [-0.39, 0.29) is 11.4 Å². The first-order valence-corrected chi connectivity index (χ1v) is 8.42. The Labute approximate surface area is 151 Å². The number of phenolic OH excluding ortho intramolecular Hbond substituents is 1. The van der Waals surface area contributed by atoms with Crippen molar-refractivity contribution in [1.29, 1.82) is 0 Å². The van der Waals surface area contributed by atoms with Gasteiger partial charge in [-0.15, -0.1) is 5.10 Å². The molecular formula is C19H20ClN3O2. The Morgan fingerprint density at radius 1 is 1.16 bits per heavy atom. The molecule has 2 aromatic heterocycles. The molecule has 0 saturated carbocycles. The Balaban J connectivity index is 2.07. The van der Waals surface area contributed by atoms with Gasteiger partial charge >= 0.3 is 0 Å². The second kappa shape index (κ2) is 6.94. The summed E-state index contributed by atoms with van der Waals surface area (Å²) >= 11 is 5.93. The van der Waals surface area contributed by atoms with Crippen LogP contribution in [0.5, 0.6) is 5.75 Å². The normalized spacial score (nSPS) is 11.8. The van der Waals surface area contributed by atoms with Crippen molar-refractivity contribution >= 4 is 22.4 Å². The summed E-state index contributed by atoms with van der Waals surface area (Å²) in [5.74, 6) is 0.0696. The zero-order chi connectivity index (χ0) is 18.0. The van der Waals surface area contributed by atoms with Gasteiger partial charge in [0.05, 0.1) is 11.3 Å². The monoisotopic (exact) mass is 357 g/mol. The van der Waals surface area contributed by atoms with Gasteiger partial charge in [0.1, 0.15) is 11.4 Å². The zero-order valence-electron chi connectivity index (χ0n) is 14.5. The van der Waals surface area contributed by atoms with Crippen LogP contribution >= 0.6 is 11.6 Å². The van der Waals surface area contributed by atoms with Gasteiger partial charge in [-0.1, -0.05) is 11.6 Å². The van der Waals surface area contributed by atoms with Crippen molar-refractivity contribution in [1.82, 2.24) is 15.2 Å². The van der Waals surface area contributed by atoms with Crippen molar-refractivity contribution < 1.29 is 9.84 Å². The molecule has 5 nitrogen and oxygen atoms in total. The summed E-state index contributed by atoms with van der Waals surface area (Å²) in [6.45, 7) is 4.09. The van der Waals surface area contributed by atoms with Crippen LogP contribution in [0.3, 0.4) is 0 Å². The van der Waals surface area contributed by atoms with Crippen molar-refractivity contribution in [2.75, 3.05) is 7.11 Å². The highest BCUT2D eigenvalue weighted by atomic mass is 35.5. The first-order valence-electron chi connectivity index (χ1n) is 8.04. The number of fused-ring (bicyclic) bond motifs is 1. The van der Waals surface area contributed by atoms with Gasteiger partial charge in [-0.05, 0) is 51.0 Å². The van der Waals surface area contributed by atoms with Crippen molar-refractivity contribution in [3.63, 3.8) is 0 Å². The third-order valence-electron chi connectivity index (χ3n) is 4.39. The molecule has 0 saturated heterocycles. The summed E-state index contributed by atoms with van der Waals surface area (Å²) in [5.41, 5.74) is 1.83. The molecule has 0 unspecified atom stereocenters. The third-order valence-corrected chi connectivity index (χ3v) is 4.62. The molecule has 0 amide bonds. The molecule has 3 aromatic rings. The third kappa shape index (κ3) is 3.72. The number of benzene rings is 1. The Hall–Kier alpha value is -2.24. The quantitative estimate of drug-likeness (QED) is 0.732. The predicted octanol–water partition coefficient (Wildman–Crippen LogP) is 4.41. The minimum absolute atomic E-state index is 0.0696. The van der Waals surface area contributed by atoms with Crippen LogP contribution in [0.4, 0.5) is 0 Å². The molecule has 0 aliphatic carbocycles. The molecule has 2 heterocycles. The fourth-order valence-electron chi connectivity index (χ4n) is 2.66. The molecule has 0 bridgehead atoms. The highest BCUT2D eigenvalue weighted by molar-refractivity contribution is 6.30. The van der Waals surface area contributed by atoms with Crippen LogP contribution in [0.25, 0.3) is 22.0 Å². The van der Waals surface area contributed by atoms with Gasteiger partial charge in [-0.3, -0.25) is 4.98 Å². The number of rotatable bonds is 5. The number of aryl methyl sites for hydroxylation is 1. The lowest BCUT2D eigenvalue weighted by atomic mass is 9.98. The summed E-state index contributed by atoms with van der Waals surface area (Å²) in [5, 5.41) is 21.3. The second-order valence-corrected chi connectivity index (χ2v) is 6.98. The minimum Gasteiger partial charge on any atom is -0.507 e. The van der Waals surface area contributed by atoms with Gasteiger partial charge in [-0.25, -0.2) is 0 Å². The Bertz CT molecular complexity index is 912. The lowest BCUT2D eigenvalue weighted by Gasteiger charge is -2.22. The number of pyridine rings is 1. The first kappa shape index (κ1) is 17.6. The highest BCUT2D eigenvalue weighted by Crippen LogP contribution is 2.34. The summed E-state index contributed by atoms with van der Waals surface area (Å²) in [6, 6.07) is 6.88. The van der Waals surface area contributed by atoms with Gasteiger partial charge in [0.2, 0.25) is 0 Å². The number of aromatic nitrogens is 3. The summed E-state index contributed by atoms with van der Waals surface area (Å²) in [4.78, 5) is 4.21. The van der Waals surface area contributed by atoms with Crippen molar-refractivity contribution in [2.24, 2.45) is 0 Å². The average Bonchev–Trinajstić information content (AvgIpc) is 2.60. The molecule has 1 N–H and O–H groups in total. The average molecular weight is 358 g/mol. The molecule has 6 heteroatoms. The van der Waals surface area contributed by atoms with Crippen molar-refractivity contribution in [3.05, 3.63) is 47.4 Å². The number of aromatic hydroxyl groups is 1. The maximum atomic E-state index is 10.2. The smallest absolute Gasteiger partial charge is 0.126 e. The molecule has 130 valence electrons. The van der Waals surface area contributed by atoms with Crippen molar-refractivity contribution in [3.8, 4) is 17.0 Å². The topological polar surface area (TPSA) is 68.1 Å². The Morgan fingerprint density at radius 3 is 2.68 bits per heavy atom. The molecule has 0 fully saturated rings. The molecule has 0 atom stereocenters. The number of phenols is 1. The van der Waals surface area contributed by atoms with E-state index < -0.39 is 0 Å². The van der Waals surface area contributed by atoms with E-state index in [2.05, 4.69) is 15.2 Å². The molecule has 25 heavy (non-hydrogen) atoms. The van der Waals surface area contributed by atoms with Crippen LogP contribution in [0.2, 0.25) is 5.02 Å². The van der Waals surface area contributed by atoms with Crippen molar-refractivity contribution in [2.45, 2.75) is 32.3 Å². The highest BCUT2D eigenvalue weighted by Gasteiger charge is 2.19. The van der Waals surface area contributed by atoms with Crippen LogP contribution in [-0.2, 0) is 11.2 Å². The minimum atomic E-state index is -0.228. The lowest BCUT2D eigenvalue weighted by Crippen LogP contribution is -2.23. The lowest BCUT2D eigenvalue weighted by molar-refractivity contribution is 0.0156. The number of nitrogens with zero attached hydrogens (tertiary/aromatic N) is 3. The molecule has 0 radical (unpaired) electrons. The standard InChI is InChI=1S/C19H20ClN3O2/c1-19(2,25-3)8-6-16-13-7-9-21-11-15(13)18(23-22-16)14-5-4-12(20)10-17(14)24/h4-5,7,9-11,24H,6,8H2,1-3H3. The summed E-state index contributed by atoms with van der Waals surface area (Å²) in [6.07, 6.45) is 5.04. The Morgan fingerprint density at radius 2 is 1.96 bits per heavy atom. The molecule has 0 spiro atoms. The second-order valence-electron chi connectivity index (χ2n) is 6.54. The van der Waals surface area contributed by atoms with Crippen LogP contribution in [0, 0.1) is 0 Å². The molecule has 1 aromatic carbocycles. The molecule has 0 aliphatic rings.